The van der Waals surface area contributed by atoms with Gasteiger partial charge < -0.3 is 13.9 Å². The smallest absolute Gasteiger partial charge is 0.228 e. The first kappa shape index (κ1) is 17.9. The lowest BCUT2D eigenvalue weighted by atomic mass is 9.96. The summed E-state index contributed by atoms with van der Waals surface area (Å²) in [6, 6.07) is 4.02. The van der Waals surface area contributed by atoms with Crippen LogP contribution < -0.4 is 0 Å². The number of hydrogen-bond acceptors (Lipinski definition) is 4. The zero-order valence-electron chi connectivity index (χ0n) is 15.7. The minimum atomic E-state index is 0.123. The second-order valence-electron chi connectivity index (χ2n) is 7.14. The number of hydrogen-bond donors (Lipinski definition) is 1. The van der Waals surface area contributed by atoms with Gasteiger partial charge in [-0.15, -0.1) is 0 Å². The van der Waals surface area contributed by atoms with Crippen LogP contribution >= 0.6 is 12.2 Å². The first-order valence-electron chi connectivity index (χ1n) is 9.43. The van der Waals surface area contributed by atoms with Gasteiger partial charge in [-0.3, -0.25) is 9.89 Å². The van der Waals surface area contributed by atoms with E-state index in [0.29, 0.717) is 17.7 Å². The van der Waals surface area contributed by atoms with Gasteiger partial charge in [-0.05, 0) is 50.5 Å². The number of H-pyrrole nitrogens is 1. The Labute approximate surface area is 163 Å². The van der Waals surface area contributed by atoms with Crippen molar-refractivity contribution in [3.05, 3.63) is 46.4 Å². The van der Waals surface area contributed by atoms with E-state index >= 15 is 0 Å². The lowest BCUT2D eigenvalue weighted by Gasteiger charge is -2.32. The van der Waals surface area contributed by atoms with E-state index in [1.165, 1.54) is 0 Å². The maximum absolute atomic E-state index is 12.9. The predicted molar refractivity (Wildman–Crippen MR) is 105 cm³/mol. The summed E-state index contributed by atoms with van der Waals surface area (Å²) in [4.78, 5) is 19.5. The molecular formula is C19H24N6OS. The van der Waals surface area contributed by atoms with E-state index in [2.05, 4.69) is 22.1 Å². The van der Waals surface area contributed by atoms with Gasteiger partial charge in [0, 0.05) is 37.9 Å². The van der Waals surface area contributed by atoms with Crippen LogP contribution in [0.2, 0.25) is 0 Å². The van der Waals surface area contributed by atoms with Crippen LogP contribution in [0.1, 0.15) is 42.8 Å². The quantitative estimate of drug-likeness (QED) is 0.702. The van der Waals surface area contributed by atoms with Crippen molar-refractivity contribution in [1.29, 1.82) is 0 Å². The van der Waals surface area contributed by atoms with E-state index < -0.39 is 0 Å². The number of aromatic amines is 1. The summed E-state index contributed by atoms with van der Waals surface area (Å²) in [6.45, 7) is 6.36. The first-order valence-corrected chi connectivity index (χ1v) is 9.83. The van der Waals surface area contributed by atoms with Crippen molar-refractivity contribution in [3.8, 4) is 0 Å². The maximum Gasteiger partial charge on any atom is 0.228 e. The molecule has 1 N–H and O–H groups in total. The van der Waals surface area contributed by atoms with Crippen LogP contribution in [-0.2, 0) is 17.8 Å². The molecule has 3 aromatic rings. The van der Waals surface area contributed by atoms with Gasteiger partial charge in [0.1, 0.15) is 11.5 Å². The van der Waals surface area contributed by atoms with Gasteiger partial charge >= 0.3 is 0 Å². The summed E-state index contributed by atoms with van der Waals surface area (Å²) < 4.78 is 4.66. The van der Waals surface area contributed by atoms with Crippen molar-refractivity contribution in [3.63, 3.8) is 0 Å². The molecule has 0 spiro atoms. The first-order chi connectivity index (χ1) is 13.1. The number of nitrogens with zero attached hydrogens (tertiary/aromatic N) is 5. The number of nitrogens with one attached hydrogen (secondary N) is 1. The molecule has 27 heavy (non-hydrogen) atoms. The topological polar surface area (TPSA) is 71.2 Å². The number of aromatic nitrogens is 5. The Kier molecular flexibility index (Phi) is 4.82. The van der Waals surface area contributed by atoms with Crippen molar-refractivity contribution in [2.24, 2.45) is 0 Å². The summed E-state index contributed by atoms with van der Waals surface area (Å²) >= 11 is 5.30. The molecule has 1 unspecified atom stereocenters. The third-order valence-electron chi connectivity index (χ3n) is 5.30. The van der Waals surface area contributed by atoms with Gasteiger partial charge in [-0.2, -0.15) is 5.10 Å². The number of carbonyl (C=O) groups is 1. The molecular weight excluding hydrogens is 360 g/mol. The molecule has 4 rings (SSSR count). The Morgan fingerprint density at radius 1 is 1.44 bits per heavy atom. The molecule has 1 aliphatic rings. The third-order valence-corrected chi connectivity index (χ3v) is 5.62. The number of carbonyl (C=O) groups excluding carboxylic acids is 1. The predicted octanol–water partition coefficient (Wildman–Crippen LogP) is 2.87. The Morgan fingerprint density at radius 3 is 3.07 bits per heavy atom. The van der Waals surface area contributed by atoms with Crippen LogP contribution in [0.15, 0.2) is 24.5 Å². The van der Waals surface area contributed by atoms with E-state index in [9.17, 15) is 4.79 Å². The van der Waals surface area contributed by atoms with E-state index in [4.69, 9.17) is 12.2 Å². The monoisotopic (exact) mass is 384 g/mol. The molecule has 1 aliphatic heterocycles. The summed E-state index contributed by atoms with van der Waals surface area (Å²) in [5.41, 5.74) is 2.83. The van der Waals surface area contributed by atoms with Gasteiger partial charge in [-0.25, -0.2) is 4.98 Å². The van der Waals surface area contributed by atoms with E-state index in [0.717, 1.165) is 48.7 Å². The summed E-state index contributed by atoms with van der Waals surface area (Å²) in [7, 11) is 0. The minimum absolute atomic E-state index is 0.123. The van der Waals surface area contributed by atoms with Crippen LogP contribution in [0.4, 0.5) is 0 Å². The van der Waals surface area contributed by atoms with Crippen LogP contribution in [0, 0.1) is 11.7 Å². The Morgan fingerprint density at radius 2 is 2.30 bits per heavy atom. The lowest BCUT2D eigenvalue weighted by Crippen LogP contribution is -2.40. The SMILES string of the molecule is CCn1c(C2CCCN(C(=O)Cc3cn4cccc(C)c4n3)C2)n[nH]c1=S. The summed E-state index contributed by atoms with van der Waals surface area (Å²) in [5.74, 6) is 1.31. The van der Waals surface area contributed by atoms with Crippen molar-refractivity contribution in [2.45, 2.75) is 45.6 Å². The van der Waals surface area contributed by atoms with Gasteiger partial charge in [-0.1, -0.05) is 6.07 Å². The highest BCUT2D eigenvalue weighted by Crippen LogP contribution is 2.26. The molecule has 0 aliphatic carbocycles. The van der Waals surface area contributed by atoms with E-state index in [-0.39, 0.29) is 11.8 Å². The fourth-order valence-electron chi connectivity index (χ4n) is 3.92. The maximum atomic E-state index is 12.9. The highest BCUT2D eigenvalue weighted by Gasteiger charge is 2.28. The fourth-order valence-corrected chi connectivity index (χ4v) is 4.19. The minimum Gasteiger partial charge on any atom is -0.342 e. The number of pyridine rings is 1. The largest absolute Gasteiger partial charge is 0.342 e. The molecule has 0 radical (unpaired) electrons. The number of imidazole rings is 1. The highest BCUT2D eigenvalue weighted by molar-refractivity contribution is 7.71. The molecule has 1 amide bonds. The molecule has 0 aromatic carbocycles. The number of piperidine rings is 1. The van der Waals surface area contributed by atoms with E-state index in [1.54, 1.807) is 0 Å². The number of fused-ring (bicyclic) bond motifs is 1. The molecule has 1 saturated heterocycles. The standard InChI is InChI=1S/C19H24N6OS/c1-3-25-18(21-22-19(25)27)14-7-5-8-23(11-14)16(26)10-15-12-24-9-4-6-13(2)17(24)20-15/h4,6,9,12,14H,3,5,7-8,10-11H2,1-2H3,(H,22,27). The lowest BCUT2D eigenvalue weighted by molar-refractivity contribution is -0.131. The molecule has 1 atom stereocenters. The van der Waals surface area contributed by atoms with Crippen LogP contribution in [-0.4, -0.2) is 48.0 Å². The highest BCUT2D eigenvalue weighted by atomic mass is 32.1. The fraction of sp³-hybridized carbons (Fsp3) is 0.474. The second kappa shape index (κ2) is 7.26. The Hall–Kier alpha value is -2.48. The van der Waals surface area contributed by atoms with Crippen molar-refractivity contribution in [2.75, 3.05) is 13.1 Å². The second-order valence-corrected chi connectivity index (χ2v) is 7.53. The Bertz CT molecular complexity index is 1030. The van der Waals surface area contributed by atoms with Crippen molar-refractivity contribution in [1.82, 2.24) is 29.0 Å². The molecule has 3 aromatic heterocycles. The van der Waals surface area contributed by atoms with E-state index in [1.807, 2.05) is 45.3 Å². The van der Waals surface area contributed by atoms with Crippen LogP contribution in [0.3, 0.4) is 0 Å². The van der Waals surface area contributed by atoms with Gasteiger partial charge in [0.05, 0.1) is 12.1 Å². The molecule has 142 valence electrons. The molecule has 0 bridgehead atoms. The average Bonchev–Trinajstić information content (AvgIpc) is 3.25. The molecule has 4 heterocycles. The van der Waals surface area contributed by atoms with Gasteiger partial charge in [0.15, 0.2) is 4.77 Å². The Balaban J connectivity index is 1.49. The molecule has 1 fully saturated rings. The molecule has 8 heteroatoms. The number of likely N-dealkylation sites (tertiary alicyclic amines) is 1. The average molecular weight is 385 g/mol. The van der Waals surface area contributed by atoms with Gasteiger partial charge in [0.25, 0.3) is 0 Å². The van der Waals surface area contributed by atoms with Gasteiger partial charge in [0.2, 0.25) is 5.91 Å². The van der Waals surface area contributed by atoms with Crippen LogP contribution in [0.5, 0.6) is 0 Å². The third kappa shape index (κ3) is 3.41. The number of aryl methyl sites for hydroxylation is 1. The number of amides is 1. The normalized spacial score (nSPS) is 17.6. The zero-order chi connectivity index (χ0) is 19.0. The van der Waals surface area contributed by atoms with Crippen molar-refractivity contribution < 1.29 is 4.79 Å². The molecule has 0 saturated carbocycles. The van der Waals surface area contributed by atoms with Crippen LogP contribution in [0.25, 0.3) is 5.65 Å². The van der Waals surface area contributed by atoms with Crippen molar-refractivity contribution >= 4 is 23.8 Å². The summed E-state index contributed by atoms with van der Waals surface area (Å²) in [6.07, 6.45) is 6.24. The molecule has 7 nitrogen and oxygen atoms in total. The zero-order valence-corrected chi connectivity index (χ0v) is 16.5. The number of rotatable bonds is 4. The summed E-state index contributed by atoms with van der Waals surface area (Å²) in [5, 5.41) is 7.31.